The van der Waals surface area contributed by atoms with Crippen LogP contribution < -0.4 is 0 Å². The van der Waals surface area contributed by atoms with Crippen molar-refractivity contribution in [1.82, 2.24) is 24.5 Å². The van der Waals surface area contributed by atoms with Gasteiger partial charge < -0.3 is 4.90 Å². The monoisotopic (exact) mass is 377 g/mol. The fourth-order valence-electron chi connectivity index (χ4n) is 4.08. The van der Waals surface area contributed by atoms with Gasteiger partial charge in [0.15, 0.2) is 0 Å². The average molecular weight is 378 g/mol. The minimum atomic E-state index is -0.0590. The molecule has 2 fully saturated rings. The molecule has 1 saturated carbocycles. The lowest BCUT2D eigenvalue weighted by Crippen LogP contribution is -2.47. The molecule has 2 aromatic heterocycles. The minimum absolute atomic E-state index is 0.0590. The van der Waals surface area contributed by atoms with Gasteiger partial charge >= 0.3 is 0 Å². The van der Waals surface area contributed by atoms with Gasteiger partial charge in [-0.3, -0.25) is 4.79 Å². The first-order chi connectivity index (χ1) is 11.2. The third-order valence-corrected chi connectivity index (χ3v) is 5.63. The molecular weight excluding hydrogens is 358 g/mol. The van der Waals surface area contributed by atoms with E-state index >= 15 is 0 Å². The highest BCUT2D eigenvalue weighted by Crippen LogP contribution is 2.43. The van der Waals surface area contributed by atoms with E-state index in [0.29, 0.717) is 11.2 Å². The molecule has 0 radical (unpaired) electrons. The maximum Gasteiger partial charge on any atom is 0.293 e. The largest absolute Gasteiger partial charge is 0.335 e. The second-order valence-corrected chi connectivity index (χ2v) is 7.76. The Labute approximate surface area is 143 Å². The Hall–Kier alpha value is -1.50. The number of amides is 1. The molecule has 7 heteroatoms. The number of carbonyl (C=O) groups excluding carboxylic acids is 1. The number of hydrogen-bond acceptors (Lipinski definition) is 4. The van der Waals surface area contributed by atoms with E-state index in [4.69, 9.17) is 0 Å². The van der Waals surface area contributed by atoms with Gasteiger partial charge in [-0.2, -0.15) is 4.98 Å². The van der Waals surface area contributed by atoms with E-state index in [1.165, 1.54) is 38.5 Å². The van der Waals surface area contributed by atoms with Gasteiger partial charge in [-0.15, -0.1) is 5.10 Å². The lowest BCUT2D eigenvalue weighted by atomic mass is 9.69. The quantitative estimate of drug-likeness (QED) is 0.765. The predicted molar refractivity (Wildman–Crippen MR) is 89.1 cm³/mol. The summed E-state index contributed by atoms with van der Waals surface area (Å²) in [6.45, 7) is 1.67. The number of fused-ring (bicyclic) bond motifs is 1. The second-order valence-electron chi connectivity index (χ2n) is 6.84. The Morgan fingerprint density at radius 1 is 1.17 bits per heavy atom. The first-order valence-corrected chi connectivity index (χ1v) is 9.12. The molecule has 1 amide bonds. The van der Waals surface area contributed by atoms with Crippen LogP contribution in [0.3, 0.4) is 0 Å². The van der Waals surface area contributed by atoms with Gasteiger partial charge in [-0.05, 0) is 47.0 Å². The molecule has 1 saturated heterocycles. The lowest BCUT2D eigenvalue weighted by molar-refractivity contribution is 0.0375. The molecule has 0 N–H and O–H groups in total. The molecule has 1 aliphatic carbocycles. The van der Waals surface area contributed by atoms with Crippen molar-refractivity contribution in [3.05, 3.63) is 22.7 Å². The van der Waals surface area contributed by atoms with Crippen LogP contribution >= 0.6 is 15.9 Å². The SMILES string of the molecule is O=C(c1nc2ncc(Br)cn2n1)N1CCCC2(CCCCC2)C1. The van der Waals surface area contributed by atoms with Crippen LogP contribution in [0, 0.1) is 5.41 Å². The summed E-state index contributed by atoms with van der Waals surface area (Å²) in [5, 5.41) is 4.30. The number of piperidine rings is 1. The van der Waals surface area contributed by atoms with Crippen molar-refractivity contribution < 1.29 is 4.79 Å². The van der Waals surface area contributed by atoms with Crippen LogP contribution in [0.15, 0.2) is 16.9 Å². The van der Waals surface area contributed by atoms with Gasteiger partial charge in [0.25, 0.3) is 11.7 Å². The third-order valence-electron chi connectivity index (χ3n) is 5.22. The molecule has 0 unspecified atom stereocenters. The summed E-state index contributed by atoms with van der Waals surface area (Å²) in [4.78, 5) is 23.3. The minimum Gasteiger partial charge on any atom is -0.335 e. The number of likely N-dealkylation sites (tertiary alicyclic amines) is 1. The number of rotatable bonds is 1. The Morgan fingerprint density at radius 2 is 1.96 bits per heavy atom. The zero-order valence-electron chi connectivity index (χ0n) is 13.0. The van der Waals surface area contributed by atoms with Crippen molar-refractivity contribution in [1.29, 1.82) is 0 Å². The zero-order valence-corrected chi connectivity index (χ0v) is 14.6. The van der Waals surface area contributed by atoms with E-state index < -0.39 is 0 Å². The molecule has 3 heterocycles. The van der Waals surface area contributed by atoms with E-state index in [-0.39, 0.29) is 11.7 Å². The van der Waals surface area contributed by atoms with Crippen molar-refractivity contribution in [3.8, 4) is 0 Å². The fourth-order valence-corrected chi connectivity index (χ4v) is 4.38. The summed E-state index contributed by atoms with van der Waals surface area (Å²) in [7, 11) is 0. The van der Waals surface area contributed by atoms with E-state index in [0.717, 1.165) is 24.0 Å². The number of aromatic nitrogens is 4. The molecule has 0 atom stereocenters. The molecule has 6 nitrogen and oxygen atoms in total. The molecule has 2 aliphatic rings. The van der Waals surface area contributed by atoms with Gasteiger partial charge in [0.1, 0.15) is 0 Å². The number of carbonyl (C=O) groups is 1. The van der Waals surface area contributed by atoms with Crippen LogP contribution in [-0.4, -0.2) is 43.5 Å². The van der Waals surface area contributed by atoms with Crippen molar-refractivity contribution in [3.63, 3.8) is 0 Å². The zero-order chi connectivity index (χ0) is 15.9. The van der Waals surface area contributed by atoms with E-state index in [9.17, 15) is 4.79 Å². The topological polar surface area (TPSA) is 63.4 Å². The summed E-state index contributed by atoms with van der Waals surface area (Å²) in [5.41, 5.74) is 0.340. The smallest absolute Gasteiger partial charge is 0.293 e. The predicted octanol–water partition coefficient (Wildman–Crippen LogP) is 3.07. The highest BCUT2D eigenvalue weighted by atomic mass is 79.9. The number of nitrogens with zero attached hydrogens (tertiary/aromatic N) is 5. The molecule has 2 aromatic rings. The van der Waals surface area contributed by atoms with Crippen LogP contribution in [0.4, 0.5) is 0 Å². The van der Waals surface area contributed by atoms with Crippen LogP contribution in [0.5, 0.6) is 0 Å². The van der Waals surface area contributed by atoms with E-state index in [1.807, 2.05) is 4.90 Å². The Kier molecular flexibility index (Phi) is 3.83. The maximum atomic E-state index is 12.8. The molecule has 0 bridgehead atoms. The summed E-state index contributed by atoms with van der Waals surface area (Å²) >= 11 is 3.36. The van der Waals surface area contributed by atoms with E-state index in [1.54, 1.807) is 16.9 Å². The van der Waals surface area contributed by atoms with Gasteiger partial charge in [0.2, 0.25) is 5.82 Å². The first-order valence-electron chi connectivity index (χ1n) is 8.33. The Bertz CT molecular complexity index is 732. The molecule has 23 heavy (non-hydrogen) atoms. The highest BCUT2D eigenvalue weighted by molar-refractivity contribution is 9.10. The van der Waals surface area contributed by atoms with Crippen LogP contribution in [-0.2, 0) is 0 Å². The highest BCUT2D eigenvalue weighted by Gasteiger charge is 2.38. The molecule has 4 rings (SSSR count). The van der Waals surface area contributed by atoms with Gasteiger partial charge in [-0.25, -0.2) is 9.50 Å². The van der Waals surface area contributed by atoms with E-state index in [2.05, 4.69) is 31.0 Å². The second kappa shape index (κ2) is 5.85. The maximum absolute atomic E-state index is 12.8. The summed E-state index contributed by atoms with van der Waals surface area (Å²) < 4.78 is 2.37. The van der Waals surface area contributed by atoms with Crippen molar-refractivity contribution in [2.24, 2.45) is 5.41 Å². The van der Waals surface area contributed by atoms with Crippen LogP contribution in [0.1, 0.15) is 55.6 Å². The van der Waals surface area contributed by atoms with Gasteiger partial charge in [0.05, 0.1) is 4.47 Å². The number of hydrogen-bond donors (Lipinski definition) is 0. The fraction of sp³-hybridized carbons (Fsp3) is 0.625. The molecule has 1 spiro atoms. The van der Waals surface area contributed by atoms with Crippen LogP contribution in [0.2, 0.25) is 0 Å². The van der Waals surface area contributed by atoms with Crippen molar-refractivity contribution >= 4 is 27.6 Å². The normalized spacial score (nSPS) is 21.0. The van der Waals surface area contributed by atoms with Crippen molar-refractivity contribution in [2.75, 3.05) is 13.1 Å². The first kappa shape index (κ1) is 15.1. The Balaban J connectivity index is 1.57. The summed E-state index contributed by atoms with van der Waals surface area (Å²) in [5.74, 6) is 0.653. The standard InChI is InChI=1S/C16H20BrN5O/c17-12-9-18-15-19-13(20-22(15)10-12)14(23)21-8-4-7-16(11-21)5-2-1-3-6-16/h9-10H,1-8,11H2. The Morgan fingerprint density at radius 3 is 2.78 bits per heavy atom. The molecule has 1 aliphatic heterocycles. The lowest BCUT2D eigenvalue weighted by Gasteiger charge is -2.45. The average Bonchev–Trinajstić information content (AvgIpc) is 2.98. The summed E-state index contributed by atoms with van der Waals surface area (Å²) in [6.07, 6.45) is 12.2. The van der Waals surface area contributed by atoms with Crippen LogP contribution in [0.25, 0.3) is 5.78 Å². The molecule has 0 aromatic carbocycles. The van der Waals surface area contributed by atoms with Gasteiger partial charge in [0, 0.05) is 25.5 Å². The van der Waals surface area contributed by atoms with Crippen molar-refractivity contribution in [2.45, 2.75) is 44.9 Å². The number of halogens is 1. The molecular formula is C16H20BrN5O. The summed E-state index contributed by atoms with van der Waals surface area (Å²) in [6, 6.07) is 0. The van der Waals surface area contributed by atoms with Gasteiger partial charge in [-0.1, -0.05) is 19.3 Å². The third kappa shape index (κ3) is 2.86. The molecule has 122 valence electrons.